The number of methoxy groups -OCH3 is 2. The van der Waals surface area contributed by atoms with Gasteiger partial charge in [-0.25, -0.2) is 9.98 Å². The molecule has 0 spiro atoms. The van der Waals surface area contributed by atoms with E-state index < -0.39 is 0 Å². The van der Waals surface area contributed by atoms with Gasteiger partial charge in [0, 0.05) is 17.2 Å². The summed E-state index contributed by atoms with van der Waals surface area (Å²) in [5, 5.41) is 2.79. The normalized spacial score (nSPS) is 14.9. The molecule has 4 rings (SSSR count). The standard InChI is InChI=1S/C24H25BrN2O2S/c1-28-22-13-16(12-20(25)23(22)29-2)14-26-24-27-21(15-30-24)19-10-8-18(9-11-19)17-6-4-3-5-7-17/h8-15,17H,3-7H2,1-2H3. The van der Waals surface area contributed by atoms with E-state index in [1.165, 1.54) is 37.7 Å². The van der Waals surface area contributed by atoms with E-state index in [1.807, 2.05) is 12.1 Å². The monoisotopic (exact) mass is 484 g/mol. The summed E-state index contributed by atoms with van der Waals surface area (Å²) in [4.78, 5) is 9.24. The first-order valence-corrected chi connectivity index (χ1v) is 11.9. The Bertz CT molecular complexity index is 1020. The molecule has 1 aliphatic rings. The van der Waals surface area contributed by atoms with Crippen molar-refractivity contribution in [2.45, 2.75) is 38.0 Å². The van der Waals surface area contributed by atoms with E-state index in [2.05, 4.69) is 55.6 Å². The van der Waals surface area contributed by atoms with Crippen LogP contribution in [0.2, 0.25) is 0 Å². The van der Waals surface area contributed by atoms with E-state index in [4.69, 9.17) is 9.47 Å². The van der Waals surface area contributed by atoms with Crippen LogP contribution >= 0.6 is 27.3 Å². The second-order valence-corrected chi connectivity index (χ2v) is 9.16. The third kappa shape index (κ3) is 4.76. The van der Waals surface area contributed by atoms with E-state index in [-0.39, 0.29) is 0 Å². The molecule has 6 heteroatoms. The van der Waals surface area contributed by atoms with Crippen LogP contribution in [0.4, 0.5) is 5.13 Å². The highest BCUT2D eigenvalue weighted by Gasteiger charge is 2.15. The van der Waals surface area contributed by atoms with Crippen molar-refractivity contribution >= 4 is 38.6 Å². The Balaban J connectivity index is 1.48. The zero-order valence-corrected chi connectivity index (χ0v) is 19.6. The quantitative estimate of drug-likeness (QED) is 0.342. The summed E-state index contributed by atoms with van der Waals surface area (Å²) >= 11 is 5.06. The molecular formula is C24H25BrN2O2S. The van der Waals surface area contributed by atoms with Gasteiger partial charge < -0.3 is 9.47 Å². The maximum absolute atomic E-state index is 5.40. The van der Waals surface area contributed by atoms with E-state index in [1.54, 1.807) is 31.8 Å². The van der Waals surface area contributed by atoms with Gasteiger partial charge in [0.1, 0.15) is 0 Å². The maximum Gasteiger partial charge on any atom is 0.209 e. The second-order valence-electron chi connectivity index (χ2n) is 7.47. The minimum atomic E-state index is 0.659. The Hall–Kier alpha value is -2.18. The minimum Gasteiger partial charge on any atom is -0.493 e. The molecule has 0 radical (unpaired) electrons. The Morgan fingerprint density at radius 1 is 1.07 bits per heavy atom. The van der Waals surface area contributed by atoms with Crippen molar-refractivity contribution in [3.05, 3.63) is 57.4 Å². The van der Waals surface area contributed by atoms with Crippen LogP contribution in [-0.4, -0.2) is 25.4 Å². The van der Waals surface area contributed by atoms with Gasteiger partial charge >= 0.3 is 0 Å². The summed E-state index contributed by atoms with van der Waals surface area (Å²) in [6, 6.07) is 12.8. The van der Waals surface area contributed by atoms with Gasteiger partial charge in [-0.2, -0.15) is 0 Å². The molecule has 4 nitrogen and oxygen atoms in total. The molecular weight excluding hydrogens is 460 g/mol. The Kier molecular flexibility index (Phi) is 6.85. The number of benzene rings is 2. The van der Waals surface area contributed by atoms with E-state index in [0.717, 1.165) is 32.3 Å². The van der Waals surface area contributed by atoms with Crippen molar-refractivity contribution in [2.24, 2.45) is 4.99 Å². The van der Waals surface area contributed by atoms with Gasteiger partial charge in [0.25, 0.3) is 0 Å². The molecule has 0 atom stereocenters. The van der Waals surface area contributed by atoms with Gasteiger partial charge in [0.05, 0.1) is 24.4 Å². The molecule has 1 aliphatic carbocycles. The van der Waals surface area contributed by atoms with Crippen LogP contribution < -0.4 is 9.47 Å². The number of thiazole rings is 1. The molecule has 1 aromatic heterocycles. The number of rotatable bonds is 6. The van der Waals surface area contributed by atoms with Gasteiger partial charge in [0.2, 0.25) is 5.13 Å². The maximum atomic E-state index is 5.40. The fourth-order valence-corrected chi connectivity index (χ4v) is 5.25. The molecule has 0 unspecified atom stereocenters. The van der Waals surface area contributed by atoms with Crippen molar-refractivity contribution < 1.29 is 9.47 Å². The lowest BCUT2D eigenvalue weighted by molar-refractivity contribution is 0.353. The predicted octanol–water partition coefficient (Wildman–Crippen LogP) is 7.39. The molecule has 30 heavy (non-hydrogen) atoms. The Morgan fingerprint density at radius 2 is 1.83 bits per heavy atom. The lowest BCUT2D eigenvalue weighted by Gasteiger charge is -2.22. The van der Waals surface area contributed by atoms with Gasteiger partial charge in [-0.05, 0) is 57.9 Å². The third-order valence-corrected chi connectivity index (χ3v) is 6.89. The van der Waals surface area contributed by atoms with Crippen molar-refractivity contribution in [1.82, 2.24) is 4.98 Å². The van der Waals surface area contributed by atoms with Crippen LogP contribution in [-0.2, 0) is 0 Å². The fraction of sp³-hybridized carbons (Fsp3) is 0.333. The van der Waals surface area contributed by atoms with Crippen LogP contribution in [0.5, 0.6) is 11.5 Å². The molecule has 1 heterocycles. The molecule has 0 saturated heterocycles. The molecule has 2 aromatic carbocycles. The van der Waals surface area contributed by atoms with Gasteiger partial charge in [-0.15, -0.1) is 11.3 Å². The number of nitrogens with zero attached hydrogens (tertiary/aromatic N) is 2. The summed E-state index contributed by atoms with van der Waals surface area (Å²) < 4.78 is 11.6. The zero-order chi connectivity index (χ0) is 20.9. The highest BCUT2D eigenvalue weighted by Crippen LogP contribution is 2.36. The number of aliphatic imine (C=N–C) groups is 1. The summed E-state index contributed by atoms with van der Waals surface area (Å²) in [6.07, 6.45) is 8.54. The molecule has 3 aromatic rings. The van der Waals surface area contributed by atoms with Crippen LogP contribution in [0.1, 0.15) is 49.1 Å². The highest BCUT2D eigenvalue weighted by molar-refractivity contribution is 9.10. The SMILES string of the molecule is COc1cc(C=Nc2nc(-c3ccc(C4CCCCC4)cc3)cs2)cc(Br)c1OC. The third-order valence-electron chi connectivity index (χ3n) is 5.56. The number of hydrogen-bond donors (Lipinski definition) is 0. The highest BCUT2D eigenvalue weighted by atomic mass is 79.9. The number of hydrogen-bond acceptors (Lipinski definition) is 5. The first-order chi connectivity index (χ1) is 14.7. The predicted molar refractivity (Wildman–Crippen MR) is 128 cm³/mol. The summed E-state index contributed by atoms with van der Waals surface area (Å²) in [7, 11) is 3.24. The molecule has 1 fully saturated rings. The first-order valence-electron chi connectivity index (χ1n) is 10.2. The lowest BCUT2D eigenvalue weighted by Crippen LogP contribution is -2.04. The number of ether oxygens (including phenoxy) is 2. The van der Waals surface area contributed by atoms with Crippen molar-refractivity contribution in [2.75, 3.05) is 14.2 Å². The summed E-state index contributed by atoms with van der Waals surface area (Å²) in [5.41, 5.74) is 4.48. The molecule has 156 valence electrons. The molecule has 0 N–H and O–H groups in total. The van der Waals surface area contributed by atoms with E-state index in [0.29, 0.717) is 11.5 Å². The molecule has 0 amide bonds. The largest absolute Gasteiger partial charge is 0.493 e. The minimum absolute atomic E-state index is 0.659. The Morgan fingerprint density at radius 3 is 2.53 bits per heavy atom. The van der Waals surface area contributed by atoms with Crippen molar-refractivity contribution in [3.8, 4) is 22.8 Å². The van der Waals surface area contributed by atoms with Gasteiger partial charge in [-0.3, -0.25) is 0 Å². The lowest BCUT2D eigenvalue weighted by atomic mass is 9.84. The number of aromatic nitrogens is 1. The fourth-order valence-electron chi connectivity index (χ4n) is 3.96. The average Bonchev–Trinajstić information content (AvgIpc) is 3.27. The second kappa shape index (κ2) is 9.75. The van der Waals surface area contributed by atoms with Crippen LogP contribution in [0.3, 0.4) is 0 Å². The van der Waals surface area contributed by atoms with E-state index >= 15 is 0 Å². The van der Waals surface area contributed by atoms with Gasteiger partial charge in [0.15, 0.2) is 11.5 Å². The van der Waals surface area contributed by atoms with E-state index in [9.17, 15) is 0 Å². The van der Waals surface area contributed by atoms with Crippen LogP contribution in [0.25, 0.3) is 11.3 Å². The van der Waals surface area contributed by atoms with Crippen LogP contribution in [0.15, 0.2) is 51.2 Å². The number of halogens is 1. The summed E-state index contributed by atoms with van der Waals surface area (Å²) in [6.45, 7) is 0. The first kappa shape index (κ1) is 21.1. The van der Waals surface area contributed by atoms with Crippen LogP contribution in [0, 0.1) is 0 Å². The zero-order valence-electron chi connectivity index (χ0n) is 17.2. The molecule has 0 bridgehead atoms. The Labute approximate surface area is 190 Å². The molecule has 1 saturated carbocycles. The smallest absolute Gasteiger partial charge is 0.209 e. The molecule has 0 aliphatic heterocycles. The van der Waals surface area contributed by atoms with Crippen molar-refractivity contribution in [3.63, 3.8) is 0 Å². The average molecular weight is 485 g/mol. The topological polar surface area (TPSA) is 43.7 Å². The van der Waals surface area contributed by atoms with Crippen molar-refractivity contribution in [1.29, 1.82) is 0 Å². The summed E-state index contributed by atoms with van der Waals surface area (Å²) in [5.74, 6) is 2.05. The van der Waals surface area contributed by atoms with Gasteiger partial charge in [-0.1, -0.05) is 43.5 Å².